The van der Waals surface area contributed by atoms with Crippen molar-refractivity contribution in [2.75, 3.05) is 11.4 Å². The highest BCUT2D eigenvalue weighted by Crippen LogP contribution is 2.33. The molecule has 0 saturated heterocycles. The summed E-state index contributed by atoms with van der Waals surface area (Å²) in [5, 5.41) is 6.27. The van der Waals surface area contributed by atoms with Gasteiger partial charge in [-0.3, -0.25) is 14.4 Å². The second-order valence-electron chi connectivity index (χ2n) is 8.16. The molecule has 9 heteroatoms. The van der Waals surface area contributed by atoms with Crippen LogP contribution in [0.1, 0.15) is 27.3 Å². The summed E-state index contributed by atoms with van der Waals surface area (Å²) in [6.45, 7) is 6.54. The Bertz CT molecular complexity index is 1620. The van der Waals surface area contributed by atoms with E-state index in [1.807, 2.05) is 49.7 Å². The van der Waals surface area contributed by atoms with E-state index in [9.17, 15) is 9.59 Å². The van der Waals surface area contributed by atoms with Gasteiger partial charge < -0.3 is 4.42 Å². The first-order chi connectivity index (χ1) is 16.3. The summed E-state index contributed by atoms with van der Waals surface area (Å²) in [7, 11) is 0. The third-order valence-corrected chi connectivity index (χ3v) is 6.87. The molecular weight excluding hydrogens is 472 g/mol. The average Bonchev–Trinajstić information content (AvgIpc) is 3.35. The van der Waals surface area contributed by atoms with Crippen molar-refractivity contribution in [2.24, 2.45) is 0 Å². The van der Waals surface area contributed by atoms with Gasteiger partial charge in [0.2, 0.25) is 0 Å². The maximum absolute atomic E-state index is 13.7. The molecule has 0 bridgehead atoms. The Morgan fingerprint density at radius 3 is 2.71 bits per heavy atom. The van der Waals surface area contributed by atoms with Crippen LogP contribution in [0, 0.1) is 20.8 Å². The fourth-order valence-corrected chi connectivity index (χ4v) is 5.44. The van der Waals surface area contributed by atoms with Crippen LogP contribution in [-0.4, -0.2) is 27.2 Å². The standard InChI is InChI=1S/C25H21ClN4O3S/c1-14-10-18(26)13-21-22(14)27-25(34-21)29(8-9-30-16(3)11-15(2)28-30)23(31)19-12-17-6-4-5-7-20(17)33-24(19)32/h4-7,10-13H,8-9H2,1-3H3. The largest absolute Gasteiger partial charge is 0.422 e. The second-order valence-corrected chi connectivity index (χ2v) is 9.60. The highest BCUT2D eigenvalue weighted by Gasteiger charge is 2.25. The molecule has 0 aliphatic rings. The first-order valence-electron chi connectivity index (χ1n) is 10.7. The van der Waals surface area contributed by atoms with Gasteiger partial charge in [-0.15, -0.1) is 0 Å². The van der Waals surface area contributed by atoms with E-state index >= 15 is 0 Å². The first kappa shape index (κ1) is 22.3. The van der Waals surface area contributed by atoms with Crippen LogP contribution in [0.4, 0.5) is 5.13 Å². The Hall–Kier alpha value is -3.49. The Kier molecular flexibility index (Phi) is 5.71. The third kappa shape index (κ3) is 4.10. The van der Waals surface area contributed by atoms with Crippen molar-refractivity contribution in [3.8, 4) is 0 Å². The summed E-state index contributed by atoms with van der Waals surface area (Å²) in [5.74, 6) is -0.469. The smallest absolute Gasteiger partial charge is 0.349 e. The Labute approximate surface area is 204 Å². The number of nitrogens with zero attached hydrogens (tertiary/aromatic N) is 4. The molecule has 0 spiro atoms. The van der Waals surface area contributed by atoms with Gasteiger partial charge in [0, 0.05) is 22.6 Å². The van der Waals surface area contributed by atoms with Crippen molar-refractivity contribution in [1.82, 2.24) is 14.8 Å². The second kappa shape index (κ2) is 8.70. The van der Waals surface area contributed by atoms with Gasteiger partial charge in [0.05, 0.1) is 22.5 Å². The Balaban J connectivity index is 1.59. The highest BCUT2D eigenvalue weighted by molar-refractivity contribution is 7.22. The maximum atomic E-state index is 13.7. The zero-order valence-electron chi connectivity index (χ0n) is 18.8. The average molecular weight is 493 g/mol. The van der Waals surface area contributed by atoms with Crippen LogP contribution in [0.15, 0.2) is 57.7 Å². The number of amides is 1. The highest BCUT2D eigenvalue weighted by atomic mass is 35.5. The Morgan fingerprint density at radius 1 is 1.15 bits per heavy atom. The summed E-state index contributed by atoms with van der Waals surface area (Å²) in [4.78, 5) is 32.7. The van der Waals surface area contributed by atoms with Crippen molar-refractivity contribution < 1.29 is 9.21 Å². The van der Waals surface area contributed by atoms with Crippen LogP contribution >= 0.6 is 22.9 Å². The lowest BCUT2D eigenvalue weighted by Crippen LogP contribution is -2.36. The number of aromatic nitrogens is 3. The minimum absolute atomic E-state index is 0.0407. The lowest BCUT2D eigenvalue weighted by molar-refractivity contribution is 0.0982. The molecule has 3 aromatic heterocycles. The number of rotatable bonds is 5. The van der Waals surface area contributed by atoms with Crippen molar-refractivity contribution in [3.05, 3.63) is 86.5 Å². The third-order valence-electron chi connectivity index (χ3n) is 5.63. The summed E-state index contributed by atoms with van der Waals surface area (Å²) in [5.41, 5.74) is 3.29. The molecule has 5 rings (SSSR count). The molecular formula is C25H21ClN4O3S. The molecule has 7 nitrogen and oxygen atoms in total. The van der Waals surface area contributed by atoms with Gasteiger partial charge in [0.1, 0.15) is 11.1 Å². The van der Waals surface area contributed by atoms with Crippen LogP contribution in [0.5, 0.6) is 0 Å². The fraction of sp³-hybridized carbons (Fsp3) is 0.200. The van der Waals surface area contributed by atoms with E-state index < -0.39 is 11.5 Å². The number of hydrogen-bond acceptors (Lipinski definition) is 6. The van der Waals surface area contributed by atoms with Crippen molar-refractivity contribution in [1.29, 1.82) is 0 Å². The maximum Gasteiger partial charge on any atom is 0.349 e. The van der Waals surface area contributed by atoms with Crippen molar-refractivity contribution in [2.45, 2.75) is 27.3 Å². The molecule has 2 aromatic carbocycles. The number of hydrogen-bond donors (Lipinski definition) is 0. The molecule has 0 saturated carbocycles. The van der Waals surface area contributed by atoms with Crippen molar-refractivity contribution in [3.63, 3.8) is 0 Å². The first-order valence-corrected chi connectivity index (χ1v) is 11.9. The molecule has 0 fully saturated rings. The topological polar surface area (TPSA) is 81.2 Å². The predicted octanol–water partition coefficient (Wildman–Crippen LogP) is 5.52. The van der Waals surface area contributed by atoms with Gasteiger partial charge in [-0.2, -0.15) is 5.10 Å². The van der Waals surface area contributed by atoms with Crippen LogP contribution in [0.3, 0.4) is 0 Å². The summed E-state index contributed by atoms with van der Waals surface area (Å²) in [6, 6.07) is 14.3. The zero-order chi connectivity index (χ0) is 24.0. The van der Waals surface area contributed by atoms with E-state index in [0.29, 0.717) is 27.7 Å². The molecule has 0 radical (unpaired) electrons. The summed E-state index contributed by atoms with van der Waals surface area (Å²) in [6.07, 6.45) is 0. The van der Waals surface area contributed by atoms with Crippen LogP contribution < -0.4 is 10.5 Å². The number of fused-ring (bicyclic) bond motifs is 2. The van der Waals surface area contributed by atoms with Crippen LogP contribution in [0.25, 0.3) is 21.2 Å². The van der Waals surface area contributed by atoms with E-state index in [-0.39, 0.29) is 12.1 Å². The molecule has 1 amide bonds. The molecule has 0 aliphatic carbocycles. The van der Waals surface area contributed by atoms with E-state index in [0.717, 1.165) is 27.2 Å². The lowest BCUT2D eigenvalue weighted by atomic mass is 10.1. The van der Waals surface area contributed by atoms with Gasteiger partial charge in [-0.05, 0) is 56.7 Å². The van der Waals surface area contributed by atoms with Gasteiger partial charge in [-0.25, -0.2) is 9.78 Å². The monoisotopic (exact) mass is 492 g/mol. The summed E-state index contributed by atoms with van der Waals surface area (Å²) < 4.78 is 8.13. The van der Waals surface area contributed by atoms with Gasteiger partial charge in [-0.1, -0.05) is 41.1 Å². The normalized spacial score (nSPS) is 11.4. The van der Waals surface area contributed by atoms with Crippen LogP contribution in [0.2, 0.25) is 5.02 Å². The van der Waals surface area contributed by atoms with E-state index in [2.05, 4.69) is 5.10 Å². The van der Waals surface area contributed by atoms with E-state index in [1.54, 1.807) is 24.3 Å². The number of carbonyl (C=O) groups excluding carboxylic acids is 1. The fourth-order valence-electron chi connectivity index (χ4n) is 3.99. The molecule has 0 aliphatic heterocycles. The van der Waals surface area contributed by atoms with Crippen LogP contribution in [-0.2, 0) is 6.54 Å². The summed E-state index contributed by atoms with van der Waals surface area (Å²) >= 11 is 7.60. The van der Waals surface area contributed by atoms with Gasteiger partial charge in [0.25, 0.3) is 5.91 Å². The molecule has 0 atom stereocenters. The van der Waals surface area contributed by atoms with Crippen molar-refractivity contribution >= 4 is 55.2 Å². The zero-order valence-corrected chi connectivity index (χ0v) is 20.4. The number of anilines is 1. The number of halogens is 1. The van der Waals surface area contributed by atoms with E-state index in [4.69, 9.17) is 21.0 Å². The number of carbonyl (C=O) groups is 1. The number of benzene rings is 2. The minimum Gasteiger partial charge on any atom is -0.422 e. The van der Waals surface area contributed by atoms with Gasteiger partial charge >= 0.3 is 5.63 Å². The molecule has 3 heterocycles. The SMILES string of the molecule is Cc1cc(C)n(CCN(C(=O)c2cc3ccccc3oc2=O)c2nc3c(C)cc(Cl)cc3s2)n1. The number of aryl methyl sites for hydroxylation is 3. The Morgan fingerprint density at radius 2 is 1.94 bits per heavy atom. The molecule has 172 valence electrons. The quantitative estimate of drug-likeness (QED) is 0.301. The lowest BCUT2D eigenvalue weighted by Gasteiger charge is -2.20. The molecule has 34 heavy (non-hydrogen) atoms. The number of para-hydroxylation sites is 1. The predicted molar refractivity (Wildman–Crippen MR) is 135 cm³/mol. The molecule has 0 unspecified atom stereocenters. The molecule has 0 N–H and O–H groups in total. The molecule has 5 aromatic rings. The minimum atomic E-state index is -0.680. The van der Waals surface area contributed by atoms with E-state index in [1.165, 1.54) is 16.2 Å². The number of thiazole rings is 1. The van der Waals surface area contributed by atoms with Gasteiger partial charge in [0.15, 0.2) is 5.13 Å².